The van der Waals surface area contributed by atoms with Crippen molar-refractivity contribution in [2.24, 2.45) is 0 Å². The third kappa shape index (κ3) is 3.67. The molecule has 1 aliphatic carbocycles. The highest BCUT2D eigenvalue weighted by Crippen LogP contribution is 2.38. The van der Waals surface area contributed by atoms with Gasteiger partial charge >= 0.3 is 0 Å². The minimum Gasteiger partial charge on any atom is -0.381 e. The molecule has 3 heteroatoms. The molecule has 3 rings (SSSR count). The zero-order chi connectivity index (χ0) is 12.9. The van der Waals surface area contributed by atoms with Gasteiger partial charge in [-0.2, -0.15) is 0 Å². The van der Waals surface area contributed by atoms with Gasteiger partial charge in [-0.25, -0.2) is 0 Å². The van der Waals surface area contributed by atoms with E-state index in [0.29, 0.717) is 6.04 Å². The first-order valence-corrected chi connectivity index (χ1v) is 8.53. The van der Waals surface area contributed by atoms with E-state index in [-0.39, 0.29) is 0 Å². The zero-order valence-corrected chi connectivity index (χ0v) is 12.3. The molecule has 0 atom stereocenters. The molecule has 0 bridgehead atoms. The van der Waals surface area contributed by atoms with E-state index >= 15 is 0 Å². The Hall–Kier alpha value is -0.670. The summed E-state index contributed by atoms with van der Waals surface area (Å²) in [5, 5.41) is 8.03. The molecular formula is C16H24N2S. The summed E-state index contributed by atoms with van der Waals surface area (Å²) in [6, 6.07) is 9.50. The van der Waals surface area contributed by atoms with E-state index < -0.39 is 0 Å². The molecule has 0 unspecified atom stereocenters. The lowest BCUT2D eigenvalue weighted by Crippen LogP contribution is -2.35. The van der Waals surface area contributed by atoms with E-state index in [9.17, 15) is 0 Å². The van der Waals surface area contributed by atoms with E-state index in [1.807, 2.05) is 0 Å². The number of hydrogen-bond acceptors (Lipinski definition) is 3. The Morgan fingerprint density at radius 2 is 1.74 bits per heavy atom. The standard InChI is InChI=1S/C16H24N2S/c1-2-6-14(5-1)19-16-8-4-3-7-15(16)18-13-9-11-17-12-10-13/h3-4,7-8,13-14,17-18H,1-2,5-6,9-12H2. The van der Waals surface area contributed by atoms with Crippen LogP contribution < -0.4 is 10.6 Å². The molecule has 0 amide bonds. The van der Waals surface area contributed by atoms with Crippen LogP contribution in [-0.4, -0.2) is 24.4 Å². The van der Waals surface area contributed by atoms with Gasteiger partial charge in [0.15, 0.2) is 0 Å². The Kier molecular flexibility index (Phi) is 4.67. The lowest BCUT2D eigenvalue weighted by Gasteiger charge is -2.26. The lowest BCUT2D eigenvalue weighted by atomic mass is 10.1. The monoisotopic (exact) mass is 276 g/mol. The van der Waals surface area contributed by atoms with Crippen LogP contribution in [-0.2, 0) is 0 Å². The Bertz CT molecular complexity index is 395. The topological polar surface area (TPSA) is 24.1 Å². The summed E-state index contributed by atoms with van der Waals surface area (Å²) in [6.07, 6.45) is 8.10. The largest absolute Gasteiger partial charge is 0.381 e. The molecule has 1 saturated heterocycles. The molecule has 2 N–H and O–H groups in total. The summed E-state index contributed by atoms with van der Waals surface area (Å²) in [4.78, 5) is 1.45. The van der Waals surface area contributed by atoms with Gasteiger partial charge in [-0.1, -0.05) is 25.0 Å². The first-order chi connectivity index (χ1) is 9.42. The van der Waals surface area contributed by atoms with Crippen molar-refractivity contribution in [3.63, 3.8) is 0 Å². The maximum Gasteiger partial charge on any atom is 0.0480 e. The summed E-state index contributed by atoms with van der Waals surface area (Å²) in [5.74, 6) is 0. The molecule has 2 aliphatic rings. The van der Waals surface area contributed by atoms with Gasteiger partial charge in [-0.3, -0.25) is 0 Å². The van der Waals surface area contributed by atoms with Crippen LogP contribution in [0.15, 0.2) is 29.2 Å². The maximum absolute atomic E-state index is 3.76. The van der Waals surface area contributed by atoms with Gasteiger partial charge in [0.05, 0.1) is 0 Å². The van der Waals surface area contributed by atoms with Gasteiger partial charge < -0.3 is 10.6 Å². The first-order valence-electron chi connectivity index (χ1n) is 7.65. The smallest absolute Gasteiger partial charge is 0.0480 e. The zero-order valence-electron chi connectivity index (χ0n) is 11.5. The molecular weight excluding hydrogens is 252 g/mol. The second-order valence-electron chi connectivity index (χ2n) is 5.69. The van der Waals surface area contributed by atoms with E-state index in [1.165, 1.54) is 49.1 Å². The van der Waals surface area contributed by atoms with Crippen molar-refractivity contribution in [2.45, 2.75) is 54.7 Å². The predicted octanol–water partition coefficient (Wildman–Crippen LogP) is 3.89. The number of benzene rings is 1. The highest BCUT2D eigenvalue weighted by Gasteiger charge is 2.19. The van der Waals surface area contributed by atoms with Gasteiger partial charge in [0.25, 0.3) is 0 Å². The molecule has 1 aromatic carbocycles. The average Bonchev–Trinajstić information content (AvgIpc) is 2.95. The molecule has 2 nitrogen and oxygen atoms in total. The van der Waals surface area contributed by atoms with Crippen LogP contribution in [0.3, 0.4) is 0 Å². The van der Waals surface area contributed by atoms with Crippen LogP contribution in [0.1, 0.15) is 38.5 Å². The summed E-state index contributed by atoms with van der Waals surface area (Å²) in [6.45, 7) is 2.30. The predicted molar refractivity (Wildman–Crippen MR) is 84.1 cm³/mol. The lowest BCUT2D eigenvalue weighted by molar-refractivity contribution is 0.478. The van der Waals surface area contributed by atoms with Gasteiger partial charge in [-0.15, -0.1) is 11.8 Å². The fourth-order valence-corrected chi connectivity index (χ4v) is 4.40. The third-order valence-corrected chi connectivity index (χ3v) is 5.60. The minimum absolute atomic E-state index is 0.645. The number of rotatable bonds is 4. The molecule has 1 aliphatic heterocycles. The van der Waals surface area contributed by atoms with Crippen LogP contribution in [0, 0.1) is 0 Å². The second kappa shape index (κ2) is 6.67. The Morgan fingerprint density at radius 3 is 2.53 bits per heavy atom. The molecule has 1 aromatic rings. The Morgan fingerprint density at radius 1 is 1.00 bits per heavy atom. The van der Waals surface area contributed by atoms with E-state index in [0.717, 1.165) is 18.3 Å². The van der Waals surface area contributed by atoms with Crippen molar-refractivity contribution in [3.8, 4) is 0 Å². The van der Waals surface area contributed by atoms with Crippen molar-refractivity contribution in [3.05, 3.63) is 24.3 Å². The molecule has 1 heterocycles. The van der Waals surface area contributed by atoms with Crippen molar-refractivity contribution in [1.29, 1.82) is 0 Å². The van der Waals surface area contributed by atoms with Crippen LogP contribution in [0.2, 0.25) is 0 Å². The van der Waals surface area contributed by atoms with Crippen LogP contribution in [0.4, 0.5) is 5.69 Å². The third-order valence-electron chi connectivity index (χ3n) is 4.18. The summed E-state index contributed by atoms with van der Waals surface area (Å²) in [5.41, 5.74) is 1.35. The molecule has 104 valence electrons. The van der Waals surface area contributed by atoms with Gasteiger partial charge in [0.2, 0.25) is 0 Å². The van der Waals surface area contributed by atoms with Crippen LogP contribution in [0.25, 0.3) is 0 Å². The van der Waals surface area contributed by atoms with Gasteiger partial charge in [-0.05, 0) is 50.9 Å². The minimum atomic E-state index is 0.645. The average molecular weight is 276 g/mol. The molecule has 0 aromatic heterocycles. The van der Waals surface area contributed by atoms with Crippen molar-refractivity contribution >= 4 is 17.4 Å². The second-order valence-corrected chi connectivity index (χ2v) is 7.03. The maximum atomic E-state index is 3.76. The Labute approximate surface area is 120 Å². The van der Waals surface area contributed by atoms with Crippen molar-refractivity contribution in [2.75, 3.05) is 18.4 Å². The summed E-state index contributed by atoms with van der Waals surface area (Å²) < 4.78 is 0. The normalized spacial score (nSPS) is 21.7. The number of piperidine rings is 1. The molecule has 19 heavy (non-hydrogen) atoms. The number of hydrogen-bond donors (Lipinski definition) is 2. The quantitative estimate of drug-likeness (QED) is 0.872. The van der Waals surface area contributed by atoms with Crippen molar-refractivity contribution < 1.29 is 0 Å². The highest BCUT2D eigenvalue weighted by atomic mass is 32.2. The SMILES string of the molecule is c1ccc(SC2CCCC2)c(NC2CCNCC2)c1. The molecule has 0 radical (unpaired) electrons. The number of thioether (sulfide) groups is 1. The number of nitrogens with one attached hydrogen (secondary N) is 2. The van der Waals surface area contributed by atoms with E-state index in [2.05, 4.69) is 46.7 Å². The molecule has 1 saturated carbocycles. The highest BCUT2D eigenvalue weighted by molar-refractivity contribution is 8.00. The fraction of sp³-hybridized carbons (Fsp3) is 0.625. The number of anilines is 1. The van der Waals surface area contributed by atoms with Gasteiger partial charge in [0.1, 0.15) is 0 Å². The molecule has 2 fully saturated rings. The molecule has 0 spiro atoms. The van der Waals surface area contributed by atoms with E-state index in [1.54, 1.807) is 0 Å². The van der Waals surface area contributed by atoms with Gasteiger partial charge in [0, 0.05) is 21.9 Å². The first kappa shape index (κ1) is 13.3. The number of para-hydroxylation sites is 1. The Balaban J connectivity index is 1.65. The summed E-state index contributed by atoms with van der Waals surface area (Å²) >= 11 is 2.09. The van der Waals surface area contributed by atoms with E-state index in [4.69, 9.17) is 0 Å². The summed E-state index contributed by atoms with van der Waals surface area (Å²) in [7, 11) is 0. The van der Waals surface area contributed by atoms with Crippen LogP contribution >= 0.6 is 11.8 Å². The fourth-order valence-electron chi connectivity index (χ4n) is 3.06. The van der Waals surface area contributed by atoms with Crippen molar-refractivity contribution in [1.82, 2.24) is 5.32 Å². The van der Waals surface area contributed by atoms with Crippen LogP contribution in [0.5, 0.6) is 0 Å².